The number of carboxylic acids is 1. The molecule has 1 saturated carbocycles. The highest BCUT2D eigenvalue weighted by Crippen LogP contribution is 2.41. The molecule has 1 aromatic heterocycles. The highest BCUT2D eigenvalue weighted by molar-refractivity contribution is 5.72. The summed E-state index contributed by atoms with van der Waals surface area (Å²) in [6, 6.07) is 15.2. The lowest BCUT2D eigenvalue weighted by atomic mass is 9.69. The van der Waals surface area contributed by atoms with Crippen LogP contribution in [0, 0.1) is 25.7 Å². The van der Waals surface area contributed by atoms with Gasteiger partial charge in [-0.15, -0.1) is 0 Å². The number of benzene rings is 2. The van der Waals surface area contributed by atoms with E-state index in [0.717, 1.165) is 66.3 Å². The highest BCUT2D eigenvalue weighted by Gasteiger charge is 2.31. The maximum Gasteiger partial charge on any atom is 0.307 e. The average Bonchev–Trinajstić information content (AvgIpc) is 3.14. The number of pyridine rings is 1. The van der Waals surface area contributed by atoms with E-state index in [0.29, 0.717) is 5.56 Å². The summed E-state index contributed by atoms with van der Waals surface area (Å²) < 4.78 is 0. The summed E-state index contributed by atoms with van der Waals surface area (Å²) >= 11 is 0. The van der Waals surface area contributed by atoms with Crippen LogP contribution < -0.4 is 0 Å². The zero-order valence-electron chi connectivity index (χ0n) is 23.8. The van der Waals surface area contributed by atoms with Gasteiger partial charge in [0.25, 0.3) is 0 Å². The Morgan fingerprint density at radius 3 is 2.15 bits per heavy atom. The predicted molar refractivity (Wildman–Crippen MR) is 158 cm³/mol. The Morgan fingerprint density at radius 2 is 1.56 bits per heavy atom. The van der Waals surface area contributed by atoms with E-state index in [-0.39, 0.29) is 11.8 Å². The molecule has 39 heavy (non-hydrogen) atoms. The number of hydrogen-bond acceptors (Lipinski definition) is 3. The van der Waals surface area contributed by atoms with Crippen molar-refractivity contribution in [2.75, 3.05) is 0 Å². The zero-order valence-corrected chi connectivity index (χ0v) is 23.8. The second-order valence-corrected chi connectivity index (χ2v) is 11.2. The summed E-state index contributed by atoms with van der Waals surface area (Å²) in [4.78, 5) is 15.5. The van der Waals surface area contributed by atoms with Gasteiger partial charge in [0.05, 0.1) is 6.42 Å². The molecule has 3 aromatic rings. The number of carbonyl (C=O) groups is 1. The molecule has 0 unspecified atom stereocenters. The molecule has 1 fully saturated rings. The molecule has 0 amide bonds. The number of aliphatic hydroxyl groups is 1. The Kier molecular flexibility index (Phi) is 8.93. The molecule has 0 bridgehead atoms. The van der Waals surface area contributed by atoms with Crippen LogP contribution in [0.5, 0.6) is 0 Å². The summed E-state index contributed by atoms with van der Waals surface area (Å²) in [6.45, 7) is 8.72. The van der Waals surface area contributed by atoms with E-state index in [9.17, 15) is 15.0 Å². The van der Waals surface area contributed by atoms with Crippen molar-refractivity contribution in [3.8, 4) is 23.0 Å². The van der Waals surface area contributed by atoms with E-state index < -0.39 is 11.6 Å². The minimum absolute atomic E-state index is 0.0359. The first-order valence-corrected chi connectivity index (χ1v) is 14.3. The normalized spacial score (nSPS) is 15.2. The number of aryl methyl sites for hydroxylation is 2. The number of carboxylic acid groups (broad SMARTS) is 1. The van der Waals surface area contributed by atoms with Crippen LogP contribution in [0.1, 0.15) is 98.6 Å². The third kappa shape index (κ3) is 6.43. The molecule has 0 saturated heterocycles. The van der Waals surface area contributed by atoms with E-state index in [1.54, 1.807) is 12.4 Å². The first-order valence-electron chi connectivity index (χ1n) is 14.3. The smallest absolute Gasteiger partial charge is 0.307 e. The van der Waals surface area contributed by atoms with Gasteiger partial charge < -0.3 is 10.2 Å². The van der Waals surface area contributed by atoms with Gasteiger partial charge in [-0.05, 0) is 97.9 Å². The van der Waals surface area contributed by atoms with Crippen molar-refractivity contribution in [3.63, 3.8) is 0 Å². The van der Waals surface area contributed by atoms with Gasteiger partial charge in [-0.25, -0.2) is 0 Å². The Balaban J connectivity index is 1.66. The summed E-state index contributed by atoms with van der Waals surface area (Å²) in [5, 5.41) is 20.2. The van der Waals surface area contributed by atoms with Crippen molar-refractivity contribution in [3.05, 3.63) is 88.2 Å². The number of hydrogen-bond donors (Lipinski definition) is 2. The van der Waals surface area contributed by atoms with Crippen LogP contribution in [0.4, 0.5) is 0 Å². The SMILES string of the molecule is CCC(CC)(c1ccc(C#CC2(O)CCCCCC2)c(C)c1)c1ccc(-c2cncc(CC(=O)O)c2)c(C)c1. The van der Waals surface area contributed by atoms with Crippen molar-refractivity contribution < 1.29 is 15.0 Å². The quantitative estimate of drug-likeness (QED) is 0.248. The second kappa shape index (κ2) is 12.2. The molecule has 4 nitrogen and oxygen atoms in total. The van der Waals surface area contributed by atoms with Crippen LogP contribution in [0.25, 0.3) is 11.1 Å². The number of aromatic nitrogens is 1. The second-order valence-electron chi connectivity index (χ2n) is 11.2. The van der Waals surface area contributed by atoms with Gasteiger partial charge in [-0.3, -0.25) is 9.78 Å². The summed E-state index contributed by atoms with van der Waals surface area (Å²) in [7, 11) is 0. The van der Waals surface area contributed by atoms with Gasteiger partial charge in [-0.1, -0.05) is 68.9 Å². The van der Waals surface area contributed by atoms with Crippen molar-refractivity contribution >= 4 is 5.97 Å². The molecule has 0 spiro atoms. The van der Waals surface area contributed by atoms with Gasteiger partial charge in [0, 0.05) is 28.9 Å². The molecule has 2 aromatic carbocycles. The minimum Gasteiger partial charge on any atom is -0.481 e. The van der Waals surface area contributed by atoms with Gasteiger partial charge >= 0.3 is 5.97 Å². The van der Waals surface area contributed by atoms with Crippen molar-refractivity contribution in [1.29, 1.82) is 0 Å². The van der Waals surface area contributed by atoms with E-state index in [4.69, 9.17) is 0 Å². The zero-order chi connectivity index (χ0) is 28.0. The van der Waals surface area contributed by atoms with Crippen LogP contribution in [0.15, 0.2) is 54.9 Å². The predicted octanol–water partition coefficient (Wildman–Crippen LogP) is 7.54. The molecule has 204 valence electrons. The van der Waals surface area contributed by atoms with Crippen LogP contribution in [0.3, 0.4) is 0 Å². The molecule has 4 heteroatoms. The van der Waals surface area contributed by atoms with Crippen molar-refractivity contribution in [2.24, 2.45) is 0 Å². The summed E-state index contributed by atoms with van der Waals surface area (Å²) in [6.07, 6.45) is 11.3. The monoisotopic (exact) mass is 523 g/mol. The molecule has 1 heterocycles. The maximum atomic E-state index is 11.2. The van der Waals surface area contributed by atoms with E-state index >= 15 is 0 Å². The fourth-order valence-corrected chi connectivity index (χ4v) is 6.15. The van der Waals surface area contributed by atoms with E-state index in [1.807, 2.05) is 6.07 Å². The molecule has 4 rings (SSSR count). The largest absolute Gasteiger partial charge is 0.481 e. The van der Waals surface area contributed by atoms with Gasteiger partial charge in [0.15, 0.2) is 0 Å². The molecule has 0 aliphatic heterocycles. The molecular formula is C35H41NO3. The van der Waals surface area contributed by atoms with E-state index in [1.165, 1.54) is 24.0 Å². The van der Waals surface area contributed by atoms with Crippen molar-refractivity contribution in [1.82, 2.24) is 4.98 Å². The van der Waals surface area contributed by atoms with Gasteiger partial charge in [0.1, 0.15) is 5.60 Å². The molecule has 2 N–H and O–H groups in total. The lowest BCUT2D eigenvalue weighted by molar-refractivity contribution is -0.136. The topological polar surface area (TPSA) is 70.4 Å². The van der Waals surface area contributed by atoms with Gasteiger partial charge in [-0.2, -0.15) is 0 Å². The Morgan fingerprint density at radius 1 is 0.923 bits per heavy atom. The van der Waals surface area contributed by atoms with Crippen LogP contribution in [0.2, 0.25) is 0 Å². The minimum atomic E-state index is -0.861. The molecule has 0 radical (unpaired) electrons. The highest BCUT2D eigenvalue weighted by atomic mass is 16.4. The Hall–Kier alpha value is -3.42. The van der Waals surface area contributed by atoms with E-state index in [2.05, 4.69) is 80.9 Å². The summed E-state index contributed by atoms with van der Waals surface area (Å²) in [5.74, 6) is 5.68. The Bertz CT molecular complexity index is 1380. The molecule has 1 aliphatic rings. The molecule has 0 atom stereocenters. The molecular weight excluding hydrogens is 482 g/mol. The van der Waals surface area contributed by atoms with Gasteiger partial charge in [0.2, 0.25) is 0 Å². The van der Waals surface area contributed by atoms with Crippen molar-refractivity contribution in [2.45, 2.75) is 96.5 Å². The van der Waals surface area contributed by atoms with Crippen LogP contribution in [-0.2, 0) is 16.6 Å². The molecule has 1 aliphatic carbocycles. The first kappa shape index (κ1) is 28.6. The lowest BCUT2D eigenvalue weighted by Gasteiger charge is -2.34. The number of nitrogens with zero attached hydrogens (tertiary/aromatic N) is 1. The fourth-order valence-electron chi connectivity index (χ4n) is 6.15. The third-order valence-electron chi connectivity index (χ3n) is 8.59. The average molecular weight is 524 g/mol. The fraction of sp³-hybridized carbons (Fsp3) is 0.429. The number of rotatable bonds is 7. The maximum absolute atomic E-state index is 11.2. The summed E-state index contributed by atoms with van der Waals surface area (Å²) in [5.41, 5.74) is 7.52. The standard InChI is InChI=1S/C35H41NO3/c1-5-35(6-2,30-12-11-28(25(3)19-30)15-18-34(39)16-9-7-8-10-17-34)31-13-14-32(26(4)20-31)29-21-27(22-33(37)38)23-36-24-29/h11-14,19-21,23-24,39H,5-10,16-17,22H2,1-4H3,(H,37,38). The lowest BCUT2D eigenvalue weighted by Crippen LogP contribution is -2.26. The number of aliphatic carboxylic acids is 1. The Labute approximate surface area is 233 Å². The van der Waals surface area contributed by atoms with Crippen LogP contribution >= 0.6 is 0 Å². The third-order valence-corrected chi connectivity index (χ3v) is 8.59. The van der Waals surface area contributed by atoms with Crippen LogP contribution in [-0.4, -0.2) is 26.8 Å². The first-order chi connectivity index (χ1) is 18.7.